The van der Waals surface area contributed by atoms with Gasteiger partial charge in [0.2, 0.25) is 0 Å². The van der Waals surface area contributed by atoms with Crippen molar-refractivity contribution in [3.63, 3.8) is 0 Å². The van der Waals surface area contributed by atoms with Crippen molar-refractivity contribution in [2.75, 3.05) is 48.2 Å². The molecule has 0 radical (unpaired) electrons. The van der Waals surface area contributed by atoms with Crippen molar-refractivity contribution in [1.29, 1.82) is 5.41 Å². The molecule has 19 nitrogen and oxygen atoms in total. The van der Waals surface area contributed by atoms with Crippen LogP contribution in [0, 0.1) is 41.9 Å². The molecule has 80 heavy (non-hydrogen) atoms. The van der Waals surface area contributed by atoms with Crippen LogP contribution in [0.15, 0.2) is 48.8 Å². The Hall–Kier alpha value is -4.35. The topological polar surface area (TPSA) is 228 Å². The van der Waals surface area contributed by atoms with Crippen molar-refractivity contribution >= 4 is 17.7 Å². The van der Waals surface area contributed by atoms with Crippen LogP contribution in [0.25, 0.3) is 11.1 Å². The number of benzene rings is 1. The number of ether oxygens (including phenoxy) is 9. The molecule has 5 saturated heterocycles. The number of rotatable bonds is 17. The number of carbonyl (C=O) groups excluding carboxylic acids is 2. The summed E-state index contributed by atoms with van der Waals surface area (Å²) in [4.78, 5) is 34.9. The molecule has 7 heterocycles. The minimum atomic E-state index is -1.91. The van der Waals surface area contributed by atoms with E-state index in [1.165, 1.54) is 4.68 Å². The van der Waals surface area contributed by atoms with Crippen LogP contribution in [-0.4, -0.2) is 178 Å². The molecular formula is C60H89FN6O13. The number of esters is 2. The minimum absolute atomic E-state index is 0.00116. The lowest BCUT2D eigenvalue weighted by Crippen LogP contribution is -2.73. The Labute approximate surface area is 471 Å². The van der Waals surface area contributed by atoms with Crippen molar-refractivity contribution in [3.05, 3.63) is 65.7 Å². The Bertz CT molecular complexity index is 2600. The van der Waals surface area contributed by atoms with Crippen LogP contribution < -0.4 is 0 Å². The first kappa shape index (κ1) is 61.7. The largest absolute Gasteiger partial charge is 0.458 e. The molecule has 8 rings (SSSR count). The van der Waals surface area contributed by atoms with Crippen molar-refractivity contribution in [2.45, 2.75) is 204 Å². The zero-order valence-corrected chi connectivity index (χ0v) is 49.4. The standard InChI is InChI=1S/C60H89FN6O13/c1-15-48-58(16-2)45(26-49(68)80-58)36(6)50(62)33(3)27-59(74-14)54(37(7)51(38(8)55(70)78-48)75-32-44-28-57(10,73-13)53(69)39(9)77-44)79-56-60(59,71)47(25-35(5)76-56)66(11)24-23-43-31-67(65-64-43)46(29-61)52(72-12)41-21-19-40(20-22-41)42-18-17-34(4)63-30-42/h17-22,30-31,33,35-39,44-48,51-54,56,62,69,71H,15-16,23-29,32H2,1-14H3/t33-,35-,36-,37?,38-,39+,44-,45-,46-,47+,48-,51+,52-,53+,54-,56+,57-,58+,59-,60-/m1/s1. The Morgan fingerprint density at radius 3 is 2.30 bits per heavy atom. The summed E-state index contributed by atoms with van der Waals surface area (Å²) in [5.74, 6) is -4.27. The third-order valence-corrected chi connectivity index (χ3v) is 19.1. The fourth-order valence-electron chi connectivity index (χ4n) is 14.4. The summed E-state index contributed by atoms with van der Waals surface area (Å²) < 4.78 is 75.1. The summed E-state index contributed by atoms with van der Waals surface area (Å²) >= 11 is 0. The third-order valence-electron chi connectivity index (χ3n) is 19.1. The highest BCUT2D eigenvalue weighted by Gasteiger charge is 2.74. The average molecular weight is 1120 g/mol. The lowest BCUT2D eigenvalue weighted by Gasteiger charge is -2.54. The maximum absolute atomic E-state index is 15.2. The number of nitrogens with zero attached hydrogens (tertiary/aromatic N) is 5. The van der Waals surface area contributed by atoms with E-state index in [2.05, 4.69) is 20.2 Å². The number of aliphatic hydroxyl groups excluding tert-OH is 1. The van der Waals surface area contributed by atoms with E-state index in [0.717, 1.165) is 22.4 Å². The average Bonchev–Trinajstić information content (AvgIpc) is 4.14. The Morgan fingerprint density at radius 2 is 1.68 bits per heavy atom. The molecule has 5 aliphatic heterocycles. The van der Waals surface area contributed by atoms with Crippen molar-refractivity contribution in [3.8, 4) is 11.1 Å². The molecule has 1 unspecified atom stereocenters. The molecule has 0 amide bonds. The van der Waals surface area contributed by atoms with Gasteiger partial charge in [-0.05, 0) is 90.5 Å². The second-order valence-electron chi connectivity index (χ2n) is 24.0. The number of carbonyl (C=O) groups is 2. The number of aryl methyl sites for hydroxylation is 1. The molecule has 2 aromatic heterocycles. The fourth-order valence-corrected chi connectivity index (χ4v) is 14.4. The second kappa shape index (κ2) is 24.9. The van der Waals surface area contributed by atoms with Crippen LogP contribution in [0.2, 0.25) is 0 Å². The molecule has 0 saturated carbocycles. The molecule has 0 spiro atoms. The smallest absolute Gasteiger partial charge is 0.311 e. The Kier molecular flexibility index (Phi) is 19.2. The van der Waals surface area contributed by atoms with Crippen molar-refractivity contribution in [2.24, 2.45) is 29.6 Å². The van der Waals surface area contributed by atoms with Gasteiger partial charge in [-0.25, -0.2) is 9.07 Å². The molecular weight excluding hydrogens is 1030 g/mol. The van der Waals surface area contributed by atoms with Crippen LogP contribution >= 0.6 is 0 Å². The summed E-state index contributed by atoms with van der Waals surface area (Å²) in [6, 6.07) is 10.3. The SMILES string of the molecule is CC[C@H]1OC(=O)[C@H](C)[C@@H](OC[C@H]2C[C@@](C)(OC)[C@@H](O)[C@H](C)O2)C(C)[C@H]2O[C@@H]3O[C@H](C)C[C@H](N(C)CCc4cn([C@H](CF)[C@H](OC)c5ccc(-c6ccc(C)nc6)cc5)nn4)[C@]3(O)[C@@]2(OC)C[C@@H](C)C(=N)[C@H](C)[C@H]2CC(=O)O[C@@]21CC. The second-order valence-corrected chi connectivity index (χ2v) is 24.0. The van der Waals surface area contributed by atoms with E-state index in [1.807, 2.05) is 105 Å². The molecule has 3 aromatic rings. The Morgan fingerprint density at radius 1 is 0.963 bits per heavy atom. The number of alkyl halides is 1. The highest BCUT2D eigenvalue weighted by atomic mass is 19.1. The van der Waals surface area contributed by atoms with Gasteiger partial charge in [-0.1, -0.05) is 70.2 Å². The number of cyclic esters (lactones) is 1. The maximum atomic E-state index is 15.2. The molecule has 444 valence electrons. The van der Waals surface area contributed by atoms with Gasteiger partial charge in [-0.15, -0.1) is 5.10 Å². The number of likely N-dealkylation sites (N-methyl/N-ethyl adjacent to an activating group) is 1. The number of hydrogen-bond donors (Lipinski definition) is 3. The van der Waals surface area contributed by atoms with E-state index in [9.17, 15) is 25.2 Å². The first-order valence-corrected chi connectivity index (χ1v) is 28.8. The molecule has 0 bridgehead atoms. The number of aromatic nitrogens is 4. The lowest BCUT2D eigenvalue weighted by atomic mass is 9.63. The molecule has 0 aliphatic carbocycles. The van der Waals surface area contributed by atoms with Crippen LogP contribution in [0.1, 0.15) is 130 Å². The first-order valence-electron chi connectivity index (χ1n) is 28.8. The van der Waals surface area contributed by atoms with Gasteiger partial charge in [-0.2, -0.15) is 0 Å². The quantitative estimate of drug-likeness (QED) is 0.112. The highest BCUT2D eigenvalue weighted by Crippen LogP contribution is 2.56. The van der Waals surface area contributed by atoms with E-state index >= 15 is 4.39 Å². The van der Waals surface area contributed by atoms with Gasteiger partial charge in [0.25, 0.3) is 0 Å². The van der Waals surface area contributed by atoms with Gasteiger partial charge >= 0.3 is 11.9 Å². The van der Waals surface area contributed by atoms with Crippen molar-refractivity contribution in [1.82, 2.24) is 24.9 Å². The van der Waals surface area contributed by atoms with Gasteiger partial charge in [0, 0.05) is 93.9 Å². The van der Waals surface area contributed by atoms with Gasteiger partial charge < -0.3 is 58.3 Å². The molecule has 20 heteroatoms. The zero-order chi connectivity index (χ0) is 58.2. The normalized spacial score (nSPS) is 38.7. The van der Waals surface area contributed by atoms with E-state index in [0.29, 0.717) is 50.1 Å². The predicted molar refractivity (Wildman–Crippen MR) is 294 cm³/mol. The predicted octanol–water partition coefficient (Wildman–Crippen LogP) is 7.37. The summed E-state index contributed by atoms with van der Waals surface area (Å²) in [6.45, 7) is 18.4. The number of fused-ring (bicyclic) bond motifs is 4. The van der Waals surface area contributed by atoms with E-state index in [4.69, 9.17) is 42.6 Å². The van der Waals surface area contributed by atoms with Gasteiger partial charge in [0.05, 0.1) is 60.8 Å². The third kappa shape index (κ3) is 11.3. The van der Waals surface area contributed by atoms with Crippen molar-refractivity contribution < 1.29 is 66.8 Å². The molecule has 5 aliphatic rings. The monoisotopic (exact) mass is 1120 g/mol. The lowest BCUT2D eigenvalue weighted by molar-refractivity contribution is -0.288. The van der Waals surface area contributed by atoms with Crippen LogP contribution in [0.3, 0.4) is 0 Å². The summed E-state index contributed by atoms with van der Waals surface area (Å²) in [6.07, 6.45) is -1.75. The molecule has 5 fully saturated rings. The number of methoxy groups -OCH3 is 3. The molecule has 3 N–H and O–H groups in total. The maximum Gasteiger partial charge on any atom is 0.311 e. The van der Waals surface area contributed by atoms with Gasteiger partial charge in [0.1, 0.15) is 36.6 Å². The highest BCUT2D eigenvalue weighted by molar-refractivity contribution is 5.87. The molecule has 20 atom stereocenters. The van der Waals surface area contributed by atoms with E-state index in [1.54, 1.807) is 41.4 Å². The summed E-state index contributed by atoms with van der Waals surface area (Å²) in [5, 5.41) is 44.0. The molecule has 1 aromatic carbocycles. The van der Waals surface area contributed by atoms with E-state index < -0.39 is 138 Å². The number of halogens is 1. The van der Waals surface area contributed by atoms with E-state index in [-0.39, 0.29) is 19.4 Å². The zero-order valence-electron chi connectivity index (χ0n) is 49.4. The number of nitrogens with one attached hydrogen (secondary N) is 1. The number of hydrogen-bond acceptors (Lipinski definition) is 18. The number of aliphatic hydroxyl groups is 2. The number of pyridine rings is 1. The fraction of sp³-hybridized carbons (Fsp3) is 0.733. The van der Waals surface area contributed by atoms with Gasteiger partial charge in [-0.3, -0.25) is 19.5 Å². The van der Waals surface area contributed by atoms with Crippen LogP contribution in [0.4, 0.5) is 4.39 Å². The van der Waals surface area contributed by atoms with Crippen LogP contribution in [0.5, 0.6) is 0 Å². The first-order chi connectivity index (χ1) is 38.0. The Balaban J connectivity index is 1.12. The summed E-state index contributed by atoms with van der Waals surface area (Å²) in [5.41, 5.74) is -1.13. The van der Waals surface area contributed by atoms with Crippen LogP contribution in [-0.2, 0) is 58.6 Å². The summed E-state index contributed by atoms with van der Waals surface area (Å²) in [7, 11) is 6.57. The van der Waals surface area contributed by atoms with Gasteiger partial charge in [0.15, 0.2) is 17.5 Å². The minimum Gasteiger partial charge on any atom is -0.458 e.